The van der Waals surface area contributed by atoms with Crippen molar-refractivity contribution in [1.29, 1.82) is 0 Å². The Labute approximate surface area is 134 Å². The van der Waals surface area contributed by atoms with E-state index >= 15 is 0 Å². The Bertz CT molecular complexity index is 411. The number of anilines is 1. The number of benzene rings is 1. The summed E-state index contributed by atoms with van der Waals surface area (Å²) in [6.45, 7) is 13.5. The van der Waals surface area contributed by atoms with E-state index in [0.717, 1.165) is 37.7 Å². The number of hydrogen-bond acceptors (Lipinski definition) is 3. The summed E-state index contributed by atoms with van der Waals surface area (Å²) in [5, 5.41) is 4.33. The summed E-state index contributed by atoms with van der Waals surface area (Å²) in [6, 6.07) is 8.76. The Morgan fingerprint density at radius 1 is 1.05 bits per heavy atom. The second-order valence-electron chi connectivity index (χ2n) is 6.43. The van der Waals surface area contributed by atoms with Crippen LogP contribution in [-0.4, -0.2) is 50.2 Å². The number of hydrogen-bond donors (Lipinski definition) is 1. The highest BCUT2D eigenvalue weighted by Crippen LogP contribution is 2.19. The Morgan fingerprint density at radius 2 is 1.67 bits per heavy atom. The molecular weight excluding hydrogens is 282 g/mol. The molecule has 1 aromatic rings. The molecule has 0 aromatic heterocycles. The maximum absolute atomic E-state index is 5.95. The maximum Gasteiger partial charge on any atom is 0.0407 e. The fraction of sp³-hybridized carbons (Fsp3) is 0.647. The summed E-state index contributed by atoms with van der Waals surface area (Å²) in [6.07, 6.45) is 0. The van der Waals surface area contributed by atoms with Crippen LogP contribution in [0.25, 0.3) is 0 Å². The number of halogens is 1. The highest BCUT2D eigenvalue weighted by Gasteiger charge is 2.18. The highest BCUT2D eigenvalue weighted by molar-refractivity contribution is 6.30. The minimum Gasteiger partial charge on any atom is -0.369 e. The molecule has 1 aliphatic rings. The second-order valence-corrected chi connectivity index (χ2v) is 6.87. The quantitative estimate of drug-likeness (QED) is 0.871. The van der Waals surface area contributed by atoms with E-state index in [4.69, 9.17) is 11.6 Å². The molecule has 0 bridgehead atoms. The second kappa shape index (κ2) is 8.02. The molecule has 3 nitrogen and oxygen atoms in total. The zero-order valence-corrected chi connectivity index (χ0v) is 14.2. The Morgan fingerprint density at radius 3 is 2.24 bits per heavy atom. The lowest BCUT2D eigenvalue weighted by Gasteiger charge is -2.37. The van der Waals surface area contributed by atoms with Crippen LogP contribution in [0.15, 0.2) is 24.3 Å². The van der Waals surface area contributed by atoms with E-state index in [1.54, 1.807) is 0 Å². The SMILES string of the molecule is CC(CNC(C)C)CN1CCN(c2ccc(Cl)cc2)CC1. The van der Waals surface area contributed by atoms with Gasteiger partial charge in [0.15, 0.2) is 0 Å². The molecule has 1 saturated heterocycles. The van der Waals surface area contributed by atoms with Crippen LogP contribution in [0.2, 0.25) is 5.02 Å². The van der Waals surface area contributed by atoms with Gasteiger partial charge in [-0.25, -0.2) is 0 Å². The van der Waals surface area contributed by atoms with Gasteiger partial charge in [-0.3, -0.25) is 4.90 Å². The van der Waals surface area contributed by atoms with Gasteiger partial charge in [0.25, 0.3) is 0 Å². The molecule has 1 aliphatic heterocycles. The predicted molar refractivity (Wildman–Crippen MR) is 92.4 cm³/mol. The van der Waals surface area contributed by atoms with Crippen molar-refractivity contribution >= 4 is 17.3 Å². The van der Waals surface area contributed by atoms with Crippen LogP contribution in [-0.2, 0) is 0 Å². The number of nitrogens with zero attached hydrogens (tertiary/aromatic N) is 2. The molecule has 1 unspecified atom stereocenters. The minimum absolute atomic E-state index is 0.578. The standard InChI is InChI=1S/C17H28ClN3/c1-14(2)19-12-15(3)13-20-8-10-21(11-9-20)17-6-4-16(18)5-7-17/h4-7,14-15,19H,8-13H2,1-3H3. The molecule has 0 spiro atoms. The van der Waals surface area contributed by atoms with E-state index < -0.39 is 0 Å². The molecule has 0 amide bonds. The van der Waals surface area contributed by atoms with Crippen molar-refractivity contribution in [2.45, 2.75) is 26.8 Å². The normalized spacial score (nSPS) is 18.2. The van der Waals surface area contributed by atoms with Crippen LogP contribution in [0.5, 0.6) is 0 Å². The van der Waals surface area contributed by atoms with Gasteiger partial charge in [0.05, 0.1) is 0 Å². The van der Waals surface area contributed by atoms with Gasteiger partial charge in [-0.05, 0) is 36.7 Å². The number of rotatable bonds is 6. The monoisotopic (exact) mass is 309 g/mol. The van der Waals surface area contributed by atoms with Gasteiger partial charge in [0.2, 0.25) is 0 Å². The van der Waals surface area contributed by atoms with Crippen molar-refractivity contribution in [3.05, 3.63) is 29.3 Å². The van der Waals surface area contributed by atoms with Gasteiger partial charge in [-0.15, -0.1) is 0 Å². The van der Waals surface area contributed by atoms with Gasteiger partial charge >= 0.3 is 0 Å². The summed E-state index contributed by atoms with van der Waals surface area (Å²) < 4.78 is 0. The van der Waals surface area contributed by atoms with E-state index in [1.807, 2.05) is 12.1 Å². The van der Waals surface area contributed by atoms with E-state index in [-0.39, 0.29) is 0 Å². The van der Waals surface area contributed by atoms with Crippen molar-refractivity contribution < 1.29 is 0 Å². The topological polar surface area (TPSA) is 18.5 Å². The lowest BCUT2D eigenvalue weighted by Crippen LogP contribution is -2.48. The summed E-state index contributed by atoms with van der Waals surface area (Å²) >= 11 is 5.95. The molecular formula is C17H28ClN3. The fourth-order valence-corrected chi connectivity index (χ4v) is 2.91. The van der Waals surface area contributed by atoms with Crippen LogP contribution < -0.4 is 10.2 Å². The van der Waals surface area contributed by atoms with Crippen molar-refractivity contribution in [1.82, 2.24) is 10.2 Å². The maximum atomic E-state index is 5.95. The minimum atomic E-state index is 0.578. The summed E-state index contributed by atoms with van der Waals surface area (Å²) in [4.78, 5) is 5.03. The van der Waals surface area contributed by atoms with Gasteiger partial charge in [-0.1, -0.05) is 32.4 Å². The van der Waals surface area contributed by atoms with Gasteiger partial charge in [0.1, 0.15) is 0 Å². The van der Waals surface area contributed by atoms with Gasteiger partial charge in [0, 0.05) is 49.5 Å². The summed E-state index contributed by atoms with van der Waals surface area (Å²) in [5.74, 6) is 0.703. The molecule has 1 aromatic carbocycles. The van der Waals surface area contributed by atoms with Crippen LogP contribution in [0, 0.1) is 5.92 Å². The average Bonchev–Trinajstić information content (AvgIpc) is 2.47. The molecule has 4 heteroatoms. The van der Waals surface area contributed by atoms with Crippen molar-refractivity contribution in [3.63, 3.8) is 0 Å². The third kappa shape index (κ3) is 5.50. The largest absolute Gasteiger partial charge is 0.369 e. The third-order valence-corrected chi connectivity index (χ3v) is 4.26. The third-order valence-electron chi connectivity index (χ3n) is 4.01. The Balaban J connectivity index is 1.74. The zero-order chi connectivity index (χ0) is 15.2. The fourth-order valence-electron chi connectivity index (χ4n) is 2.78. The Kier molecular flexibility index (Phi) is 6.34. The smallest absolute Gasteiger partial charge is 0.0407 e. The average molecular weight is 310 g/mol. The molecule has 1 atom stereocenters. The summed E-state index contributed by atoms with van der Waals surface area (Å²) in [7, 11) is 0. The molecule has 0 radical (unpaired) electrons. The zero-order valence-electron chi connectivity index (χ0n) is 13.5. The first-order chi connectivity index (χ1) is 10.0. The van der Waals surface area contributed by atoms with Crippen LogP contribution in [0.1, 0.15) is 20.8 Å². The first-order valence-corrected chi connectivity index (χ1v) is 8.38. The van der Waals surface area contributed by atoms with Crippen LogP contribution in [0.3, 0.4) is 0 Å². The molecule has 21 heavy (non-hydrogen) atoms. The van der Waals surface area contributed by atoms with E-state index in [0.29, 0.717) is 12.0 Å². The molecule has 0 aliphatic carbocycles. The van der Waals surface area contributed by atoms with Gasteiger partial charge < -0.3 is 10.2 Å². The molecule has 1 N–H and O–H groups in total. The van der Waals surface area contributed by atoms with Crippen LogP contribution >= 0.6 is 11.6 Å². The lowest BCUT2D eigenvalue weighted by atomic mass is 10.1. The molecule has 1 heterocycles. The van der Waals surface area contributed by atoms with Gasteiger partial charge in [-0.2, -0.15) is 0 Å². The van der Waals surface area contributed by atoms with Crippen molar-refractivity contribution in [2.75, 3.05) is 44.2 Å². The van der Waals surface area contributed by atoms with E-state index in [1.165, 1.54) is 12.2 Å². The molecule has 1 fully saturated rings. The molecule has 118 valence electrons. The number of piperazine rings is 1. The molecule has 2 rings (SSSR count). The van der Waals surface area contributed by atoms with Crippen LogP contribution in [0.4, 0.5) is 5.69 Å². The Hall–Kier alpha value is -0.770. The molecule has 0 saturated carbocycles. The summed E-state index contributed by atoms with van der Waals surface area (Å²) in [5.41, 5.74) is 1.29. The van der Waals surface area contributed by atoms with E-state index in [9.17, 15) is 0 Å². The first kappa shape index (κ1) is 16.6. The first-order valence-electron chi connectivity index (χ1n) is 8.01. The highest BCUT2D eigenvalue weighted by atomic mass is 35.5. The van der Waals surface area contributed by atoms with Crippen molar-refractivity contribution in [2.24, 2.45) is 5.92 Å². The van der Waals surface area contributed by atoms with Crippen molar-refractivity contribution in [3.8, 4) is 0 Å². The van der Waals surface area contributed by atoms with E-state index in [2.05, 4.69) is 48.0 Å². The lowest BCUT2D eigenvalue weighted by molar-refractivity contribution is 0.221. The predicted octanol–water partition coefficient (Wildman–Crippen LogP) is 3.10. The number of nitrogens with one attached hydrogen (secondary N) is 1.